The molecule has 0 radical (unpaired) electrons. The summed E-state index contributed by atoms with van der Waals surface area (Å²) in [6.45, 7) is 6.62. The predicted molar refractivity (Wildman–Crippen MR) is 91.7 cm³/mol. The Morgan fingerprint density at radius 2 is 2.09 bits per heavy atom. The summed E-state index contributed by atoms with van der Waals surface area (Å²) in [6.07, 6.45) is 1.74. The first-order valence-electron chi connectivity index (χ1n) is 7.60. The van der Waals surface area contributed by atoms with Crippen LogP contribution in [0, 0.1) is 0 Å². The summed E-state index contributed by atoms with van der Waals surface area (Å²) in [6, 6.07) is 3.74. The number of hydrogen-bond donors (Lipinski definition) is 0. The monoisotopic (exact) mass is 333 g/mol. The molecule has 0 aromatic carbocycles. The van der Waals surface area contributed by atoms with E-state index in [1.807, 2.05) is 18.4 Å². The second-order valence-electron chi connectivity index (χ2n) is 5.85. The van der Waals surface area contributed by atoms with Crippen molar-refractivity contribution in [2.45, 2.75) is 39.3 Å². The molecule has 0 N–H and O–H groups in total. The number of hydrogen-bond acceptors (Lipinski definition) is 5. The van der Waals surface area contributed by atoms with E-state index in [1.54, 1.807) is 42.7 Å². The van der Waals surface area contributed by atoms with Gasteiger partial charge in [0.05, 0.1) is 12.2 Å². The highest BCUT2D eigenvalue weighted by atomic mass is 32.1. The summed E-state index contributed by atoms with van der Waals surface area (Å²) in [5.74, 6) is 0.301. The lowest BCUT2D eigenvalue weighted by Gasteiger charge is -2.16. The van der Waals surface area contributed by atoms with Gasteiger partial charge in [-0.05, 0) is 24.5 Å². The van der Waals surface area contributed by atoms with E-state index in [0.29, 0.717) is 18.2 Å². The second kappa shape index (κ2) is 7.66. The molecule has 0 aliphatic heterocycles. The van der Waals surface area contributed by atoms with Crippen molar-refractivity contribution in [3.8, 4) is 0 Å². The third-order valence-electron chi connectivity index (χ3n) is 3.69. The van der Waals surface area contributed by atoms with E-state index < -0.39 is 0 Å². The van der Waals surface area contributed by atoms with Crippen LogP contribution in [0.15, 0.2) is 23.7 Å². The minimum Gasteiger partial charge on any atom is -0.375 e. The van der Waals surface area contributed by atoms with Crippen molar-refractivity contribution in [2.75, 3.05) is 14.2 Å². The molecule has 5 nitrogen and oxygen atoms in total. The molecular weight excluding hydrogens is 310 g/mol. The minimum atomic E-state index is -0.102. The zero-order chi connectivity index (χ0) is 17.0. The lowest BCUT2D eigenvalue weighted by atomic mass is 10.1. The molecule has 1 amide bonds. The van der Waals surface area contributed by atoms with Gasteiger partial charge in [0.15, 0.2) is 0 Å². The van der Waals surface area contributed by atoms with Gasteiger partial charge < -0.3 is 9.64 Å². The molecule has 1 atom stereocenters. The van der Waals surface area contributed by atoms with Crippen LogP contribution in [0.5, 0.6) is 0 Å². The number of amides is 1. The Hall–Kier alpha value is -1.79. The lowest BCUT2D eigenvalue weighted by Crippen LogP contribution is -2.27. The van der Waals surface area contributed by atoms with Gasteiger partial charge in [-0.1, -0.05) is 19.9 Å². The molecule has 0 saturated heterocycles. The van der Waals surface area contributed by atoms with Crippen LogP contribution < -0.4 is 0 Å². The number of thiazole rings is 1. The van der Waals surface area contributed by atoms with E-state index in [1.165, 1.54) is 0 Å². The average Bonchev–Trinajstić information content (AvgIpc) is 3.01. The zero-order valence-electron chi connectivity index (χ0n) is 14.2. The summed E-state index contributed by atoms with van der Waals surface area (Å²) < 4.78 is 5.26. The average molecular weight is 333 g/mol. The molecule has 124 valence electrons. The Labute approximate surface area is 141 Å². The fourth-order valence-corrected chi connectivity index (χ4v) is 2.91. The fourth-order valence-electron chi connectivity index (χ4n) is 2.07. The molecule has 0 spiro atoms. The second-order valence-corrected chi connectivity index (χ2v) is 6.74. The Bertz CT molecular complexity index is 652. The Balaban J connectivity index is 2.03. The highest BCUT2D eigenvalue weighted by Crippen LogP contribution is 2.21. The molecule has 2 aromatic heterocycles. The van der Waals surface area contributed by atoms with Crippen molar-refractivity contribution in [3.63, 3.8) is 0 Å². The van der Waals surface area contributed by atoms with Crippen LogP contribution in [0.4, 0.5) is 0 Å². The molecule has 0 fully saturated rings. The van der Waals surface area contributed by atoms with Gasteiger partial charge in [0.25, 0.3) is 5.91 Å². The summed E-state index contributed by atoms with van der Waals surface area (Å²) in [4.78, 5) is 22.9. The van der Waals surface area contributed by atoms with Crippen LogP contribution in [-0.2, 0) is 11.3 Å². The first-order chi connectivity index (χ1) is 10.9. The van der Waals surface area contributed by atoms with Gasteiger partial charge >= 0.3 is 0 Å². The van der Waals surface area contributed by atoms with Gasteiger partial charge in [0.2, 0.25) is 0 Å². The van der Waals surface area contributed by atoms with Gasteiger partial charge in [-0.25, -0.2) is 4.98 Å². The number of nitrogens with zero attached hydrogens (tertiary/aromatic N) is 3. The van der Waals surface area contributed by atoms with E-state index in [-0.39, 0.29) is 12.0 Å². The first-order valence-corrected chi connectivity index (χ1v) is 8.48. The fraction of sp³-hybridized carbons (Fsp3) is 0.471. The smallest absolute Gasteiger partial charge is 0.272 e. The van der Waals surface area contributed by atoms with Crippen LogP contribution in [0.3, 0.4) is 0 Å². The van der Waals surface area contributed by atoms with Gasteiger partial charge in [-0.15, -0.1) is 11.3 Å². The van der Waals surface area contributed by atoms with Gasteiger partial charge in [0.1, 0.15) is 16.8 Å². The molecule has 0 saturated carbocycles. The maximum Gasteiger partial charge on any atom is 0.272 e. The number of pyridine rings is 1. The van der Waals surface area contributed by atoms with E-state index in [4.69, 9.17) is 4.74 Å². The van der Waals surface area contributed by atoms with Crippen molar-refractivity contribution in [1.29, 1.82) is 0 Å². The quantitative estimate of drug-likeness (QED) is 0.810. The summed E-state index contributed by atoms with van der Waals surface area (Å²) in [5, 5.41) is 2.88. The Kier molecular flexibility index (Phi) is 5.85. The molecule has 0 aliphatic carbocycles. The third kappa shape index (κ3) is 4.36. The standard InChI is InChI=1S/C17H23N3O2S/c1-11(2)13-6-7-15(18-8-13)17(21)20(4)9-14-10-23-16(19-14)12(3)22-5/h6-8,10-12H,9H2,1-5H3/t12-/m0/s1. The number of carbonyl (C=O) groups is 1. The van der Waals surface area contributed by atoms with E-state index in [9.17, 15) is 4.79 Å². The molecule has 0 unspecified atom stereocenters. The summed E-state index contributed by atoms with van der Waals surface area (Å²) >= 11 is 1.55. The molecule has 23 heavy (non-hydrogen) atoms. The van der Waals surface area contributed by atoms with Crippen LogP contribution in [0.25, 0.3) is 0 Å². The number of carbonyl (C=O) groups excluding carboxylic acids is 1. The maximum atomic E-state index is 12.4. The first kappa shape index (κ1) is 17.6. The van der Waals surface area contributed by atoms with Gasteiger partial charge in [-0.3, -0.25) is 9.78 Å². The Morgan fingerprint density at radius 3 is 2.65 bits per heavy atom. The van der Waals surface area contributed by atoms with Crippen molar-refractivity contribution < 1.29 is 9.53 Å². The van der Waals surface area contributed by atoms with Gasteiger partial charge in [-0.2, -0.15) is 0 Å². The van der Waals surface area contributed by atoms with Gasteiger partial charge in [0, 0.05) is 25.7 Å². The largest absolute Gasteiger partial charge is 0.375 e. The third-order valence-corrected chi connectivity index (χ3v) is 4.74. The van der Waals surface area contributed by atoms with Crippen molar-refractivity contribution in [3.05, 3.63) is 45.7 Å². The van der Waals surface area contributed by atoms with E-state index in [0.717, 1.165) is 16.3 Å². The van der Waals surface area contributed by atoms with Crippen molar-refractivity contribution >= 4 is 17.2 Å². The SMILES string of the molecule is CO[C@@H](C)c1nc(CN(C)C(=O)c2ccc(C(C)C)cn2)cs1. The number of ether oxygens (including phenoxy) is 1. The predicted octanol–water partition coefficient (Wildman–Crippen LogP) is 3.64. The maximum absolute atomic E-state index is 12.4. The van der Waals surface area contributed by atoms with Crippen LogP contribution in [-0.4, -0.2) is 34.9 Å². The molecule has 0 bridgehead atoms. The normalized spacial score (nSPS) is 12.4. The summed E-state index contributed by atoms with van der Waals surface area (Å²) in [5.41, 5.74) is 2.45. The van der Waals surface area contributed by atoms with Crippen LogP contribution in [0.1, 0.15) is 59.5 Å². The highest BCUT2D eigenvalue weighted by Gasteiger charge is 2.16. The number of methoxy groups -OCH3 is 1. The zero-order valence-corrected chi connectivity index (χ0v) is 15.1. The van der Waals surface area contributed by atoms with Crippen molar-refractivity contribution in [2.24, 2.45) is 0 Å². The number of aromatic nitrogens is 2. The topological polar surface area (TPSA) is 55.3 Å². The highest BCUT2D eigenvalue weighted by molar-refractivity contribution is 7.09. The lowest BCUT2D eigenvalue weighted by molar-refractivity contribution is 0.0777. The molecular formula is C17H23N3O2S. The molecule has 6 heteroatoms. The van der Waals surface area contributed by atoms with E-state index >= 15 is 0 Å². The van der Waals surface area contributed by atoms with Crippen molar-refractivity contribution in [1.82, 2.24) is 14.9 Å². The molecule has 2 heterocycles. The van der Waals surface area contributed by atoms with Crippen LogP contribution >= 0.6 is 11.3 Å². The summed E-state index contributed by atoms with van der Waals surface area (Å²) in [7, 11) is 3.42. The molecule has 2 rings (SSSR count). The minimum absolute atomic E-state index is 0.0278. The molecule has 0 aliphatic rings. The van der Waals surface area contributed by atoms with Crippen LogP contribution in [0.2, 0.25) is 0 Å². The molecule has 2 aromatic rings. The number of rotatable bonds is 6. The van der Waals surface area contributed by atoms with E-state index in [2.05, 4.69) is 23.8 Å². The Morgan fingerprint density at radius 1 is 1.35 bits per heavy atom.